The molecule has 6 aromatic rings. The molecule has 0 amide bonds. The minimum Gasteiger partial charge on any atom is -0.439 e. The Balaban J connectivity index is -0.000000194. The SMILES string of the molecule is C.C[SiH](C)c1ccccc1[SiH](C)C.C[SiH]c1ccccc1[SiH](C)C.C[Si](C)O[Si](C)O[SiH](C)C.C[Si](C)c1ccccc1[SiH](C)C.C[Si](C)c1ccccc1[SiH](C)C.C[Si](C)c1ccccc1[SiH](C)C.C[Si](C)c1ccccc1[Si](C)C.C[Si]1C[SiH](C)C[Si](C)C[SiH](C)C1.[Ru].[Ru].[Ru].[Ru].[Ru]. The Morgan fingerprint density at radius 1 is 0.333 bits per heavy atom. The monoisotopic (exact) mass is 2090 g/mol. The molecule has 0 saturated carbocycles. The van der Waals surface area contributed by atoms with Crippen LogP contribution in [-0.4, -0.2) is 169 Å². The van der Waals surface area contributed by atoms with Crippen molar-refractivity contribution < 1.29 is 106 Å². The van der Waals surface area contributed by atoms with Crippen LogP contribution < -0.4 is 62.2 Å². The zero-order valence-corrected chi connectivity index (χ0v) is 96.8. The summed E-state index contributed by atoms with van der Waals surface area (Å²) in [5.74, 6) is 0. The van der Waals surface area contributed by atoms with Crippen molar-refractivity contribution in [3.8, 4) is 0 Å². The van der Waals surface area contributed by atoms with Crippen molar-refractivity contribution >= 4 is 231 Å². The Bertz CT molecular complexity index is 2380. The minimum atomic E-state index is -0.882. The second kappa shape index (κ2) is 65.2. The summed E-state index contributed by atoms with van der Waals surface area (Å²) in [5.41, 5.74) is 7.02. The van der Waals surface area contributed by atoms with E-state index in [1.807, 2.05) is 0 Å². The van der Waals surface area contributed by atoms with Gasteiger partial charge in [0.05, 0.1) is 106 Å². The number of benzene rings is 6. The molecule has 562 valence electrons. The van der Waals surface area contributed by atoms with Gasteiger partial charge in [-0.1, -0.05) is 415 Å². The molecular formula is C73H142O2Ru5Si19. The van der Waals surface area contributed by atoms with Crippen molar-refractivity contribution in [2.45, 2.75) is 240 Å². The topological polar surface area (TPSA) is 18.5 Å². The van der Waals surface area contributed by atoms with Gasteiger partial charge in [0.15, 0.2) is 18.1 Å². The molecule has 26 heteroatoms. The van der Waals surface area contributed by atoms with E-state index < -0.39 is 80.1 Å². The van der Waals surface area contributed by atoms with E-state index in [0.717, 1.165) is 0 Å². The summed E-state index contributed by atoms with van der Waals surface area (Å²) in [7, 11) is -6.64. The van der Waals surface area contributed by atoms with Crippen LogP contribution in [0.2, 0.25) is 232 Å². The van der Waals surface area contributed by atoms with E-state index in [4.69, 9.17) is 8.23 Å². The summed E-state index contributed by atoms with van der Waals surface area (Å²) in [6.07, 6.45) is 0. The molecule has 99 heavy (non-hydrogen) atoms. The van der Waals surface area contributed by atoms with Crippen LogP contribution in [0.5, 0.6) is 0 Å². The van der Waals surface area contributed by atoms with Crippen LogP contribution >= 0.6 is 0 Å². The van der Waals surface area contributed by atoms with Gasteiger partial charge in [-0.2, -0.15) is 0 Å². The van der Waals surface area contributed by atoms with Crippen LogP contribution in [0, 0.1) is 0 Å². The Hall–Kier alpha value is 2.48. The van der Waals surface area contributed by atoms with E-state index in [0.29, 0.717) is 9.52 Å². The predicted octanol–water partition coefficient (Wildman–Crippen LogP) is 11.3. The molecule has 6 aromatic carbocycles. The third-order valence-electron chi connectivity index (χ3n) is 16.1. The van der Waals surface area contributed by atoms with Crippen molar-refractivity contribution in [3.05, 3.63) is 146 Å². The van der Waals surface area contributed by atoms with Gasteiger partial charge in [0.2, 0.25) is 0 Å². The van der Waals surface area contributed by atoms with Gasteiger partial charge in [0.1, 0.15) is 0 Å². The van der Waals surface area contributed by atoms with E-state index in [9.17, 15) is 0 Å². The first kappa shape index (κ1) is 115. The van der Waals surface area contributed by atoms with Gasteiger partial charge in [-0.3, -0.25) is 0 Å². The number of hydrogen-bond acceptors (Lipinski definition) is 2. The van der Waals surface area contributed by atoms with Gasteiger partial charge >= 0.3 is 9.28 Å². The summed E-state index contributed by atoms with van der Waals surface area (Å²) in [6, 6.07) is 53.9. The minimum absolute atomic E-state index is 0. The first-order valence-electron chi connectivity index (χ1n) is 35.4. The Labute approximate surface area is 713 Å². The van der Waals surface area contributed by atoms with Crippen molar-refractivity contribution in [1.82, 2.24) is 0 Å². The van der Waals surface area contributed by atoms with Gasteiger partial charge in [0, 0.05) is 133 Å². The van der Waals surface area contributed by atoms with Crippen LogP contribution in [0.25, 0.3) is 0 Å². The summed E-state index contributed by atoms with van der Waals surface area (Å²) < 4.78 is 11.2. The fourth-order valence-corrected chi connectivity index (χ4v) is 68.3. The van der Waals surface area contributed by atoms with E-state index >= 15 is 0 Å². The summed E-state index contributed by atoms with van der Waals surface area (Å²) in [4.78, 5) is 0. The maximum atomic E-state index is 5.60. The Kier molecular flexibility index (Phi) is 75.6. The molecule has 1 aliphatic heterocycles. The van der Waals surface area contributed by atoms with Crippen LogP contribution in [0.15, 0.2) is 146 Å². The zero-order chi connectivity index (χ0) is 71.2. The molecule has 0 aliphatic carbocycles. The quantitative estimate of drug-likeness (QED) is 0.0900. The predicted molar refractivity (Wildman–Crippen MR) is 493 cm³/mol. The van der Waals surface area contributed by atoms with Crippen LogP contribution in [-0.2, 0) is 106 Å². The smallest absolute Gasteiger partial charge is 0.358 e. The molecule has 0 aromatic heterocycles. The van der Waals surface area contributed by atoms with Crippen LogP contribution in [0.1, 0.15) is 7.43 Å². The summed E-state index contributed by atoms with van der Waals surface area (Å²) >= 11 is 0. The molecule has 1 saturated heterocycles. The average molecular weight is 2090 g/mol. The molecule has 0 spiro atoms. The first-order valence-corrected chi connectivity index (χ1v) is 84.4. The fourth-order valence-electron chi connectivity index (χ4n) is 11.9. The fraction of sp³-hybridized carbons (Fsp3) is 0.507. The average Bonchev–Trinajstić information content (AvgIpc) is 0.897. The largest absolute Gasteiger partial charge is 0.439 e. The molecule has 0 unspecified atom stereocenters. The van der Waals surface area contributed by atoms with E-state index in [1.54, 1.807) is 84.9 Å². The Morgan fingerprint density at radius 2 is 0.545 bits per heavy atom. The molecule has 10 radical (unpaired) electrons. The van der Waals surface area contributed by atoms with Gasteiger partial charge in [-0.25, -0.2) is 0 Å². The van der Waals surface area contributed by atoms with Crippen LogP contribution in [0.3, 0.4) is 0 Å². The zero-order valence-electron chi connectivity index (χ0n) is 67.5. The molecule has 1 heterocycles. The van der Waals surface area contributed by atoms with Gasteiger partial charge in [0.25, 0.3) is 0 Å². The second-order valence-corrected chi connectivity index (χ2v) is 82.3. The van der Waals surface area contributed by atoms with Crippen LogP contribution in [0.4, 0.5) is 0 Å². The van der Waals surface area contributed by atoms with Crippen molar-refractivity contribution in [2.75, 3.05) is 0 Å². The van der Waals surface area contributed by atoms with E-state index in [2.05, 4.69) is 355 Å². The Morgan fingerprint density at radius 3 is 0.737 bits per heavy atom. The number of rotatable bonds is 16. The van der Waals surface area contributed by atoms with Gasteiger partial charge in [-0.15, -0.1) is 0 Å². The second-order valence-electron chi connectivity index (χ2n) is 29.4. The molecule has 1 fully saturated rings. The van der Waals surface area contributed by atoms with Crippen molar-refractivity contribution in [3.63, 3.8) is 0 Å². The number of hydrogen-bond donors (Lipinski definition) is 0. The van der Waals surface area contributed by atoms with E-state index in [-0.39, 0.29) is 184 Å². The maximum absolute atomic E-state index is 5.60. The summed E-state index contributed by atoms with van der Waals surface area (Å²) in [6.45, 7) is 76.1. The summed E-state index contributed by atoms with van der Waals surface area (Å²) in [5, 5.41) is 20.0. The molecular weight excluding hydrogens is 1950 g/mol. The third-order valence-corrected chi connectivity index (χ3v) is 65.5. The molecule has 0 bridgehead atoms. The van der Waals surface area contributed by atoms with Gasteiger partial charge in [-0.05, 0) is 32.7 Å². The van der Waals surface area contributed by atoms with Gasteiger partial charge < -0.3 is 8.23 Å². The van der Waals surface area contributed by atoms with E-state index in [1.165, 1.54) is 0 Å². The molecule has 2 nitrogen and oxygen atoms in total. The standard InChI is InChI=1S/C10H18Si2.3C10H17Si2.C10H16Si2.C9H15Si2.C8H22Si4.C5H16O2Si3.CH4.5Ru/c5*1-11(2)9-7-5-6-8-10(9)12(3)4;1-10-8-6-4-5-7-9(8)11(2)3;1-9-5-10(2)7-12(4)8-11(3)6-9;1-8(2)6-10(5)7-9(3)4;;;;;;/h5-8,11-12H,1-4H3;3*5-8,11H,1-4H3;5-8H,1-4H3;4-7,10-11H,1-3H3;9,12H,5-8H2,1-4H3;8H,1-5H3;1H4;;;;;. The third kappa shape index (κ3) is 50.8. The normalized spacial score (nSPS) is 13.5. The molecule has 1 aliphatic rings. The molecule has 0 N–H and O–H groups in total. The molecule has 7 rings (SSSR count). The van der Waals surface area contributed by atoms with Crippen molar-refractivity contribution in [2.24, 2.45) is 0 Å². The maximum Gasteiger partial charge on any atom is 0.358 e. The van der Waals surface area contributed by atoms with Crippen molar-refractivity contribution in [1.29, 1.82) is 0 Å². The molecule has 0 atom stereocenters. The first-order chi connectivity index (χ1) is 43.5.